The van der Waals surface area contributed by atoms with Crippen molar-refractivity contribution in [3.8, 4) is 67.3 Å². The molecule has 280 valence electrons. The van der Waals surface area contributed by atoms with Gasteiger partial charge in [0.05, 0.1) is 11.4 Å². The fraction of sp³-hybridized carbons (Fsp3) is 0. The normalized spacial score (nSPS) is 11.7. The molecule has 5 nitrogen and oxygen atoms in total. The second-order valence-electron chi connectivity index (χ2n) is 15.2. The monoisotopic (exact) mass is 767 g/mol. The molecule has 0 aliphatic rings. The maximum absolute atomic E-state index is 6.61. The Morgan fingerprint density at radius 3 is 1.53 bits per heavy atom. The number of aromatic nitrogens is 3. The van der Waals surface area contributed by atoms with Crippen LogP contribution in [0, 0.1) is 0 Å². The third kappa shape index (κ3) is 5.67. The molecule has 12 rings (SSSR count). The summed E-state index contributed by atoms with van der Waals surface area (Å²) >= 11 is 0. The lowest BCUT2D eigenvalue weighted by molar-refractivity contribution is 0.670. The Balaban J connectivity index is 1.07. The number of furan rings is 2. The van der Waals surface area contributed by atoms with Gasteiger partial charge in [0.2, 0.25) is 0 Å². The Kier molecular flexibility index (Phi) is 7.78. The average molecular weight is 768 g/mol. The van der Waals surface area contributed by atoms with E-state index in [0.717, 1.165) is 116 Å². The predicted octanol–water partition coefficient (Wildman–Crippen LogP) is 14.8. The van der Waals surface area contributed by atoms with Gasteiger partial charge in [-0.2, -0.15) is 0 Å². The Bertz CT molecular complexity index is 3470. The van der Waals surface area contributed by atoms with E-state index < -0.39 is 0 Å². The second-order valence-corrected chi connectivity index (χ2v) is 15.2. The molecule has 0 atom stereocenters. The van der Waals surface area contributed by atoms with E-state index in [1.54, 1.807) is 0 Å². The van der Waals surface area contributed by atoms with Gasteiger partial charge in [-0.15, -0.1) is 0 Å². The van der Waals surface area contributed by atoms with Crippen LogP contribution in [0.4, 0.5) is 0 Å². The minimum absolute atomic E-state index is 0.644. The van der Waals surface area contributed by atoms with Crippen molar-refractivity contribution in [1.82, 2.24) is 15.0 Å². The number of nitrogens with zero attached hydrogens (tertiary/aromatic N) is 3. The van der Waals surface area contributed by atoms with Gasteiger partial charge >= 0.3 is 0 Å². The molecule has 0 saturated heterocycles. The molecule has 5 heteroatoms. The molecule has 0 spiro atoms. The number of para-hydroxylation sites is 4. The fourth-order valence-corrected chi connectivity index (χ4v) is 8.69. The molecular formula is C55H33N3O2. The molecule has 60 heavy (non-hydrogen) atoms. The molecule has 0 unspecified atom stereocenters. The van der Waals surface area contributed by atoms with E-state index in [0.29, 0.717) is 5.82 Å². The lowest BCUT2D eigenvalue weighted by atomic mass is 9.93. The third-order valence-corrected chi connectivity index (χ3v) is 11.6. The number of pyridine rings is 1. The molecular weight excluding hydrogens is 735 g/mol. The average Bonchev–Trinajstić information content (AvgIpc) is 3.90. The highest BCUT2D eigenvalue weighted by Crippen LogP contribution is 2.42. The molecule has 12 aromatic rings. The van der Waals surface area contributed by atoms with E-state index in [1.807, 2.05) is 54.9 Å². The van der Waals surface area contributed by atoms with Crippen LogP contribution in [0.25, 0.3) is 122 Å². The van der Waals surface area contributed by atoms with Crippen LogP contribution in [0.1, 0.15) is 0 Å². The van der Waals surface area contributed by atoms with Crippen molar-refractivity contribution in [2.24, 2.45) is 0 Å². The summed E-state index contributed by atoms with van der Waals surface area (Å²) in [5.74, 6) is 0.644. The van der Waals surface area contributed by atoms with E-state index in [9.17, 15) is 0 Å². The number of rotatable bonds is 6. The van der Waals surface area contributed by atoms with Crippen LogP contribution in [0.15, 0.2) is 209 Å². The first-order chi connectivity index (χ1) is 29.7. The van der Waals surface area contributed by atoms with Gasteiger partial charge in [-0.3, -0.25) is 4.98 Å². The summed E-state index contributed by atoms with van der Waals surface area (Å²) in [5, 5.41) is 6.61. The van der Waals surface area contributed by atoms with Gasteiger partial charge in [-0.1, -0.05) is 146 Å². The molecule has 4 aromatic heterocycles. The molecule has 0 radical (unpaired) electrons. The minimum Gasteiger partial charge on any atom is -0.455 e. The zero-order valence-electron chi connectivity index (χ0n) is 32.2. The van der Waals surface area contributed by atoms with Gasteiger partial charge in [0, 0.05) is 67.1 Å². The van der Waals surface area contributed by atoms with Gasteiger partial charge in [-0.25, -0.2) is 9.97 Å². The fourth-order valence-electron chi connectivity index (χ4n) is 8.69. The Hall–Kier alpha value is -8.15. The summed E-state index contributed by atoms with van der Waals surface area (Å²) in [6.45, 7) is 0. The Morgan fingerprint density at radius 2 is 0.867 bits per heavy atom. The lowest BCUT2D eigenvalue weighted by Gasteiger charge is -2.14. The van der Waals surface area contributed by atoms with Crippen molar-refractivity contribution in [1.29, 1.82) is 0 Å². The van der Waals surface area contributed by atoms with E-state index in [1.165, 1.54) is 0 Å². The van der Waals surface area contributed by atoms with Gasteiger partial charge < -0.3 is 8.83 Å². The first-order valence-corrected chi connectivity index (χ1v) is 20.1. The third-order valence-electron chi connectivity index (χ3n) is 11.6. The molecule has 0 bridgehead atoms. The highest BCUT2D eigenvalue weighted by molar-refractivity contribution is 6.12. The van der Waals surface area contributed by atoms with Crippen LogP contribution < -0.4 is 0 Å². The van der Waals surface area contributed by atoms with Gasteiger partial charge in [0.15, 0.2) is 5.82 Å². The van der Waals surface area contributed by atoms with E-state index in [2.05, 4.69) is 151 Å². The molecule has 0 saturated carbocycles. The molecule has 0 aliphatic carbocycles. The molecule has 0 fully saturated rings. The number of benzene rings is 8. The van der Waals surface area contributed by atoms with Crippen LogP contribution in [0.2, 0.25) is 0 Å². The zero-order chi connectivity index (χ0) is 39.6. The van der Waals surface area contributed by atoms with E-state index >= 15 is 0 Å². The summed E-state index contributed by atoms with van der Waals surface area (Å²) in [6.07, 6.45) is 3.76. The SMILES string of the molecule is c1ccc(-c2cc(-c3cc(-c4cccc5c4oc4ccccc45)cc(-c4cccc5c4oc4ccccc45)c3)nc(-c3ccc(-c4cccc5cnccc45)cc3)n2)cc1. The first-order valence-electron chi connectivity index (χ1n) is 20.1. The van der Waals surface area contributed by atoms with Crippen molar-refractivity contribution in [3.63, 3.8) is 0 Å². The molecule has 8 aromatic carbocycles. The van der Waals surface area contributed by atoms with Crippen LogP contribution in [0.3, 0.4) is 0 Å². The highest BCUT2D eigenvalue weighted by Gasteiger charge is 2.19. The summed E-state index contributed by atoms with van der Waals surface area (Å²) in [4.78, 5) is 14.9. The van der Waals surface area contributed by atoms with Crippen molar-refractivity contribution in [2.75, 3.05) is 0 Å². The van der Waals surface area contributed by atoms with E-state index in [4.69, 9.17) is 18.8 Å². The van der Waals surface area contributed by atoms with Crippen LogP contribution in [-0.4, -0.2) is 15.0 Å². The maximum atomic E-state index is 6.61. The molecule has 4 heterocycles. The first kappa shape index (κ1) is 33.9. The van der Waals surface area contributed by atoms with Crippen LogP contribution in [0.5, 0.6) is 0 Å². The van der Waals surface area contributed by atoms with Crippen LogP contribution in [-0.2, 0) is 0 Å². The predicted molar refractivity (Wildman–Crippen MR) is 245 cm³/mol. The maximum Gasteiger partial charge on any atom is 0.160 e. The largest absolute Gasteiger partial charge is 0.455 e. The zero-order valence-corrected chi connectivity index (χ0v) is 32.2. The second kappa shape index (κ2) is 13.8. The number of fused-ring (bicyclic) bond motifs is 7. The number of hydrogen-bond donors (Lipinski definition) is 0. The Labute approximate surface area is 344 Å². The van der Waals surface area contributed by atoms with Gasteiger partial charge in [-0.05, 0) is 70.1 Å². The summed E-state index contributed by atoms with van der Waals surface area (Å²) in [5.41, 5.74) is 14.2. The van der Waals surface area contributed by atoms with Crippen molar-refractivity contribution in [3.05, 3.63) is 200 Å². The molecule has 0 amide bonds. The van der Waals surface area contributed by atoms with Crippen molar-refractivity contribution < 1.29 is 8.83 Å². The molecule has 0 N–H and O–H groups in total. The van der Waals surface area contributed by atoms with Crippen LogP contribution >= 0.6 is 0 Å². The summed E-state index contributed by atoms with van der Waals surface area (Å²) in [6, 6.07) is 65.3. The molecule has 0 aliphatic heterocycles. The highest BCUT2D eigenvalue weighted by atomic mass is 16.3. The summed E-state index contributed by atoms with van der Waals surface area (Å²) in [7, 11) is 0. The standard InChI is InChI=1S/C55H33N3O2/c1-2-11-35(12-3-1)49-32-50(58-55(57-49)36-25-23-34(24-26-36)41-16-8-13-37-33-56-28-27-42(37)41)40-30-38(43-17-9-19-47-45-14-4-6-21-51(45)59-53(43)47)29-39(31-40)44-18-10-20-48-46-15-5-7-22-52(46)60-54(44)48/h1-33H. The quantitative estimate of drug-likeness (QED) is 0.169. The van der Waals surface area contributed by atoms with Crippen molar-refractivity contribution >= 4 is 54.6 Å². The summed E-state index contributed by atoms with van der Waals surface area (Å²) < 4.78 is 13.2. The van der Waals surface area contributed by atoms with Gasteiger partial charge in [0.1, 0.15) is 22.3 Å². The lowest BCUT2D eigenvalue weighted by Crippen LogP contribution is -1.97. The number of hydrogen-bond acceptors (Lipinski definition) is 5. The minimum atomic E-state index is 0.644. The Morgan fingerprint density at radius 1 is 0.333 bits per heavy atom. The van der Waals surface area contributed by atoms with E-state index in [-0.39, 0.29) is 0 Å². The topological polar surface area (TPSA) is 65.0 Å². The smallest absolute Gasteiger partial charge is 0.160 e. The van der Waals surface area contributed by atoms with Gasteiger partial charge in [0.25, 0.3) is 0 Å². The van der Waals surface area contributed by atoms with Crippen molar-refractivity contribution in [2.45, 2.75) is 0 Å².